The maximum Gasteiger partial charge on any atom is 0.336 e. The van der Waals surface area contributed by atoms with E-state index in [0.717, 1.165) is 16.0 Å². The fourth-order valence-corrected chi connectivity index (χ4v) is 3.58. The number of ether oxygens (including phenoxy) is 1. The molecule has 0 aliphatic carbocycles. The van der Waals surface area contributed by atoms with Crippen molar-refractivity contribution in [1.29, 1.82) is 0 Å². The molecule has 7 nitrogen and oxygen atoms in total. The number of benzene rings is 2. The Morgan fingerprint density at radius 1 is 1.03 bits per heavy atom. The van der Waals surface area contributed by atoms with Crippen molar-refractivity contribution in [2.24, 2.45) is 0 Å². The smallest absolute Gasteiger partial charge is 0.336 e. The van der Waals surface area contributed by atoms with Gasteiger partial charge in [-0.25, -0.2) is 9.59 Å². The molecule has 0 fully saturated rings. The van der Waals surface area contributed by atoms with E-state index in [1.54, 1.807) is 30.3 Å². The minimum atomic E-state index is -1.10. The average molecular weight is 405 g/mol. The van der Waals surface area contributed by atoms with Crippen LogP contribution in [0, 0.1) is 13.8 Å². The van der Waals surface area contributed by atoms with Crippen molar-refractivity contribution >= 4 is 28.8 Å². The van der Waals surface area contributed by atoms with E-state index in [9.17, 15) is 19.2 Å². The van der Waals surface area contributed by atoms with Gasteiger partial charge in [-0.15, -0.1) is 0 Å². The highest BCUT2D eigenvalue weighted by atomic mass is 16.5. The number of hydrogen-bond acceptors (Lipinski definition) is 6. The molecule has 3 aromatic rings. The molecule has 1 aromatic heterocycles. The van der Waals surface area contributed by atoms with Crippen LogP contribution in [-0.4, -0.2) is 28.7 Å². The lowest BCUT2D eigenvalue weighted by Crippen LogP contribution is -2.43. The summed E-state index contributed by atoms with van der Waals surface area (Å²) in [6.07, 6.45) is 0. The Morgan fingerprint density at radius 3 is 2.30 bits per heavy atom. The molecule has 0 N–H and O–H groups in total. The van der Waals surface area contributed by atoms with Crippen molar-refractivity contribution in [3.8, 4) is 0 Å². The van der Waals surface area contributed by atoms with E-state index in [1.807, 2.05) is 19.9 Å². The molecular weight excluding hydrogens is 386 g/mol. The van der Waals surface area contributed by atoms with Gasteiger partial charge in [-0.3, -0.25) is 14.5 Å². The van der Waals surface area contributed by atoms with Crippen LogP contribution in [0.25, 0.3) is 11.0 Å². The van der Waals surface area contributed by atoms with Gasteiger partial charge in [0.2, 0.25) is 0 Å². The summed E-state index contributed by atoms with van der Waals surface area (Å²) in [5.41, 5.74) is 2.72. The molecule has 0 bridgehead atoms. The van der Waals surface area contributed by atoms with Gasteiger partial charge in [0.25, 0.3) is 11.8 Å². The van der Waals surface area contributed by atoms with Crippen molar-refractivity contribution in [3.63, 3.8) is 0 Å². The van der Waals surface area contributed by atoms with E-state index in [0.29, 0.717) is 16.5 Å². The number of nitrogens with zero attached hydrogens (tertiary/aromatic N) is 1. The Balaban J connectivity index is 1.56. The summed E-state index contributed by atoms with van der Waals surface area (Å²) in [5, 5.41) is 0.666. The molecule has 0 radical (unpaired) electrons. The zero-order chi connectivity index (χ0) is 21.6. The highest BCUT2D eigenvalue weighted by Gasteiger charge is 2.41. The van der Waals surface area contributed by atoms with Gasteiger partial charge >= 0.3 is 11.6 Å². The first-order valence-electron chi connectivity index (χ1n) is 9.46. The number of aryl methyl sites for hydroxylation is 2. The molecule has 2 amide bonds. The Kier molecular flexibility index (Phi) is 4.73. The first-order chi connectivity index (χ1) is 14.3. The summed E-state index contributed by atoms with van der Waals surface area (Å²) >= 11 is 0. The lowest BCUT2D eigenvalue weighted by Gasteiger charge is -2.21. The summed E-state index contributed by atoms with van der Waals surface area (Å²) in [4.78, 5) is 50.6. The Morgan fingerprint density at radius 2 is 1.67 bits per heavy atom. The lowest BCUT2D eigenvalue weighted by molar-refractivity contribution is -0.149. The zero-order valence-corrected chi connectivity index (χ0v) is 16.7. The second-order valence-electron chi connectivity index (χ2n) is 7.28. The molecule has 1 aliphatic heterocycles. The Labute approximate surface area is 171 Å². The number of imide groups is 1. The summed E-state index contributed by atoms with van der Waals surface area (Å²) in [5.74, 6) is -1.80. The molecule has 30 heavy (non-hydrogen) atoms. The number of rotatable bonds is 4. The van der Waals surface area contributed by atoms with E-state index >= 15 is 0 Å². The fraction of sp³-hybridized carbons (Fsp3) is 0.217. The molecule has 0 saturated carbocycles. The predicted octanol–water partition coefficient (Wildman–Crippen LogP) is 3.14. The third kappa shape index (κ3) is 3.08. The van der Waals surface area contributed by atoms with Gasteiger partial charge in [-0.1, -0.05) is 24.3 Å². The van der Waals surface area contributed by atoms with Crippen molar-refractivity contribution in [1.82, 2.24) is 4.90 Å². The summed E-state index contributed by atoms with van der Waals surface area (Å²) in [6.45, 7) is 5.01. The third-order valence-electron chi connectivity index (χ3n) is 5.44. The van der Waals surface area contributed by atoms with Crippen molar-refractivity contribution in [2.75, 3.05) is 0 Å². The number of esters is 1. The number of carbonyl (C=O) groups is 3. The monoisotopic (exact) mass is 405 g/mol. The minimum absolute atomic E-state index is 0.184. The molecule has 1 atom stereocenters. The highest BCUT2D eigenvalue weighted by Crippen LogP contribution is 2.26. The molecule has 0 saturated heterocycles. The second-order valence-corrected chi connectivity index (χ2v) is 7.28. The molecule has 2 aromatic carbocycles. The first-order valence-corrected chi connectivity index (χ1v) is 9.46. The molecule has 152 valence electrons. The lowest BCUT2D eigenvalue weighted by atomic mass is 10.0. The van der Waals surface area contributed by atoms with Crippen LogP contribution in [-0.2, 0) is 16.1 Å². The summed E-state index contributed by atoms with van der Waals surface area (Å²) in [6, 6.07) is 10.3. The van der Waals surface area contributed by atoms with Crippen LogP contribution >= 0.6 is 0 Å². The fourth-order valence-electron chi connectivity index (χ4n) is 3.58. The number of amides is 2. The second kappa shape index (κ2) is 7.26. The molecule has 7 heteroatoms. The van der Waals surface area contributed by atoms with Gasteiger partial charge in [0.1, 0.15) is 18.2 Å². The van der Waals surface area contributed by atoms with Crippen LogP contribution in [0.2, 0.25) is 0 Å². The van der Waals surface area contributed by atoms with Gasteiger partial charge in [-0.2, -0.15) is 0 Å². The van der Waals surface area contributed by atoms with E-state index in [1.165, 1.54) is 13.0 Å². The van der Waals surface area contributed by atoms with Crippen molar-refractivity contribution < 1.29 is 23.5 Å². The van der Waals surface area contributed by atoms with Crippen LogP contribution in [0.3, 0.4) is 0 Å². The van der Waals surface area contributed by atoms with Gasteiger partial charge in [0.05, 0.1) is 11.1 Å². The Bertz CT molecular complexity index is 1240. The molecule has 4 rings (SSSR count). The summed E-state index contributed by atoms with van der Waals surface area (Å²) in [7, 11) is 0. The van der Waals surface area contributed by atoms with Crippen LogP contribution < -0.4 is 5.63 Å². The normalized spacial score (nSPS) is 14.2. The maximum atomic E-state index is 12.6. The predicted molar refractivity (Wildman–Crippen MR) is 108 cm³/mol. The standard InChI is InChI=1S/C23H19NO6/c1-12-8-9-16-15(10-19(25)30-20(16)13(12)2)11-29-23(28)14(3)24-21(26)17-6-4-5-7-18(17)22(24)27/h4-10,14H,11H2,1-3H3/t14-/m1/s1. The van der Waals surface area contributed by atoms with Crippen molar-refractivity contribution in [3.05, 3.63) is 80.7 Å². The van der Waals surface area contributed by atoms with Crippen molar-refractivity contribution in [2.45, 2.75) is 33.4 Å². The van der Waals surface area contributed by atoms with Gasteiger partial charge in [0.15, 0.2) is 0 Å². The SMILES string of the molecule is Cc1ccc2c(COC(=O)[C@@H](C)N3C(=O)c4ccccc4C3=O)cc(=O)oc2c1C. The molecule has 0 spiro atoms. The molecular formula is C23H19NO6. The average Bonchev–Trinajstić information content (AvgIpc) is 2.99. The zero-order valence-electron chi connectivity index (χ0n) is 16.7. The van der Waals surface area contributed by atoms with E-state index < -0.39 is 29.5 Å². The summed E-state index contributed by atoms with van der Waals surface area (Å²) < 4.78 is 10.7. The van der Waals surface area contributed by atoms with E-state index in [2.05, 4.69) is 0 Å². The molecule has 1 aliphatic rings. The van der Waals surface area contributed by atoms with Gasteiger partial charge < -0.3 is 9.15 Å². The van der Waals surface area contributed by atoms with Crippen LogP contribution in [0.4, 0.5) is 0 Å². The molecule has 2 heterocycles. The maximum absolute atomic E-state index is 12.6. The largest absolute Gasteiger partial charge is 0.459 e. The highest BCUT2D eigenvalue weighted by molar-refractivity contribution is 6.22. The molecule has 0 unspecified atom stereocenters. The number of carbonyl (C=O) groups excluding carboxylic acids is 3. The van der Waals surface area contributed by atoms with Gasteiger partial charge in [-0.05, 0) is 44.0 Å². The first kappa shape index (κ1) is 19.6. The number of hydrogen-bond donors (Lipinski definition) is 0. The van der Waals surface area contributed by atoms with Crippen LogP contribution in [0.15, 0.2) is 51.7 Å². The van der Waals surface area contributed by atoms with Crippen LogP contribution in [0.1, 0.15) is 44.3 Å². The van der Waals surface area contributed by atoms with E-state index in [-0.39, 0.29) is 17.7 Å². The third-order valence-corrected chi connectivity index (χ3v) is 5.44. The number of fused-ring (bicyclic) bond motifs is 2. The van der Waals surface area contributed by atoms with E-state index in [4.69, 9.17) is 9.15 Å². The Hall–Kier alpha value is -3.74. The van der Waals surface area contributed by atoms with Gasteiger partial charge in [0, 0.05) is 17.0 Å². The minimum Gasteiger partial charge on any atom is -0.459 e. The van der Waals surface area contributed by atoms with Crippen LogP contribution in [0.5, 0.6) is 0 Å². The quantitative estimate of drug-likeness (QED) is 0.376. The topological polar surface area (TPSA) is 93.9 Å².